The molecule has 5 nitrogen and oxygen atoms in total. The zero-order valence-electron chi connectivity index (χ0n) is 11.2. The Morgan fingerprint density at radius 3 is 2.45 bits per heavy atom. The van der Waals surface area contributed by atoms with Gasteiger partial charge in [0, 0.05) is 12.6 Å². The Balaban J connectivity index is 2.34. The number of ether oxygens (including phenoxy) is 1. The highest BCUT2D eigenvalue weighted by molar-refractivity contribution is 6.06. The van der Waals surface area contributed by atoms with Gasteiger partial charge in [-0.2, -0.15) is 0 Å². The molecule has 0 aliphatic carbocycles. The molecule has 0 heterocycles. The van der Waals surface area contributed by atoms with E-state index in [-0.39, 0.29) is 23.0 Å². The number of nitrogens with zero attached hydrogens (tertiary/aromatic N) is 1. The molecule has 0 saturated heterocycles. The molecule has 20 heavy (non-hydrogen) atoms. The van der Waals surface area contributed by atoms with Crippen molar-refractivity contribution in [3.8, 4) is 17.2 Å². The van der Waals surface area contributed by atoms with Crippen LogP contribution in [-0.2, 0) is 0 Å². The summed E-state index contributed by atoms with van der Waals surface area (Å²) in [4.78, 5) is 13.8. The quantitative estimate of drug-likeness (QED) is 0.842. The average Bonchev–Trinajstić information content (AvgIpc) is 2.48. The van der Waals surface area contributed by atoms with Crippen molar-refractivity contribution < 1.29 is 19.7 Å². The molecule has 0 spiro atoms. The molecule has 104 valence electrons. The Morgan fingerprint density at radius 2 is 1.80 bits per heavy atom. The number of hydrogen-bond donors (Lipinski definition) is 2. The number of carbonyl (C=O) groups is 1. The Labute approximate surface area is 116 Å². The molecule has 2 aromatic carbocycles. The van der Waals surface area contributed by atoms with Gasteiger partial charge in [0.2, 0.25) is 0 Å². The van der Waals surface area contributed by atoms with Crippen molar-refractivity contribution in [2.45, 2.75) is 0 Å². The van der Waals surface area contributed by atoms with Gasteiger partial charge in [-0.05, 0) is 30.3 Å². The second-order valence-corrected chi connectivity index (χ2v) is 4.24. The Bertz CT molecular complexity index is 640. The first-order valence-corrected chi connectivity index (χ1v) is 5.97. The number of phenols is 2. The maximum Gasteiger partial charge on any atom is 0.258 e. The highest BCUT2D eigenvalue weighted by Crippen LogP contribution is 2.29. The minimum atomic E-state index is -0.329. The highest BCUT2D eigenvalue weighted by Gasteiger charge is 2.17. The lowest BCUT2D eigenvalue weighted by Gasteiger charge is -2.20. The maximum absolute atomic E-state index is 12.4. The number of anilines is 1. The summed E-state index contributed by atoms with van der Waals surface area (Å²) in [6.45, 7) is 0. The first kappa shape index (κ1) is 13.7. The molecule has 2 N–H and O–H groups in total. The van der Waals surface area contributed by atoms with Crippen molar-refractivity contribution in [1.82, 2.24) is 0 Å². The van der Waals surface area contributed by atoms with Crippen LogP contribution in [0.5, 0.6) is 17.2 Å². The Morgan fingerprint density at radius 1 is 1.10 bits per heavy atom. The fourth-order valence-corrected chi connectivity index (χ4v) is 1.87. The zero-order valence-corrected chi connectivity index (χ0v) is 11.2. The smallest absolute Gasteiger partial charge is 0.258 e. The van der Waals surface area contributed by atoms with Crippen molar-refractivity contribution in [2.24, 2.45) is 0 Å². The van der Waals surface area contributed by atoms with Crippen LogP contribution in [0, 0.1) is 0 Å². The second kappa shape index (κ2) is 5.52. The average molecular weight is 273 g/mol. The molecule has 1 amide bonds. The fraction of sp³-hybridized carbons (Fsp3) is 0.133. The van der Waals surface area contributed by atoms with E-state index in [9.17, 15) is 15.0 Å². The number of hydrogen-bond acceptors (Lipinski definition) is 4. The van der Waals surface area contributed by atoms with Crippen LogP contribution < -0.4 is 9.64 Å². The fourth-order valence-electron chi connectivity index (χ4n) is 1.87. The molecule has 0 radical (unpaired) electrons. The first-order valence-electron chi connectivity index (χ1n) is 5.97. The van der Waals surface area contributed by atoms with Gasteiger partial charge in [0.15, 0.2) is 11.5 Å². The summed E-state index contributed by atoms with van der Waals surface area (Å²) in [5.74, 6) is -0.332. The van der Waals surface area contributed by atoms with E-state index in [4.69, 9.17) is 4.74 Å². The Kier molecular flexibility index (Phi) is 3.79. The first-order chi connectivity index (χ1) is 9.54. The summed E-state index contributed by atoms with van der Waals surface area (Å²) in [6, 6.07) is 11.1. The maximum atomic E-state index is 12.4. The minimum Gasteiger partial charge on any atom is -0.504 e. The van der Waals surface area contributed by atoms with Gasteiger partial charge >= 0.3 is 0 Å². The van der Waals surface area contributed by atoms with E-state index < -0.39 is 0 Å². The number of methoxy groups -OCH3 is 1. The lowest BCUT2D eigenvalue weighted by Crippen LogP contribution is -2.26. The topological polar surface area (TPSA) is 70.0 Å². The van der Waals surface area contributed by atoms with Gasteiger partial charge < -0.3 is 19.8 Å². The lowest BCUT2D eigenvalue weighted by atomic mass is 10.1. The number of aromatic hydroxyl groups is 2. The minimum absolute atomic E-state index is 0.263. The largest absolute Gasteiger partial charge is 0.504 e. The number of carbonyl (C=O) groups excluding carboxylic acids is 1. The molecule has 0 fully saturated rings. The van der Waals surface area contributed by atoms with Gasteiger partial charge in [0.25, 0.3) is 5.91 Å². The lowest BCUT2D eigenvalue weighted by molar-refractivity contribution is 0.0992. The standard InChI is InChI=1S/C15H15NO4/c1-16(11-5-3-4-6-14(11)20-2)15(19)10-7-8-12(17)13(18)9-10/h3-9,17-18H,1-2H3. The van der Waals surface area contributed by atoms with Crippen molar-refractivity contribution in [1.29, 1.82) is 0 Å². The molecule has 0 atom stereocenters. The van der Waals surface area contributed by atoms with E-state index in [1.807, 2.05) is 6.07 Å². The van der Waals surface area contributed by atoms with Crippen LogP contribution in [0.1, 0.15) is 10.4 Å². The summed E-state index contributed by atoms with van der Waals surface area (Å²) < 4.78 is 5.21. The highest BCUT2D eigenvalue weighted by atomic mass is 16.5. The molecular formula is C15H15NO4. The second-order valence-electron chi connectivity index (χ2n) is 4.24. The summed E-state index contributed by atoms with van der Waals surface area (Å²) in [7, 11) is 3.15. The monoisotopic (exact) mass is 273 g/mol. The van der Waals surface area contributed by atoms with Crippen LogP contribution >= 0.6 is 0 Å². The molecule has 0 aliphatic rings. The number of amides is 1. The van der Waals surface area contributed by atoms with E-state index in [0.717, 1.165) is 0 Å². The third-order valence-corrected chi connectivity index (χ3v) is 2.97. The SMILES string of the molecule is COc1ccccc1N(C)C(=O)c1ccc(O)c(O)c1. The van der Waals surface area contributed by atoms with Crippen LogP contribution in [0.15, 0.2) is 42.5 Å². The van der Waals surface area contributed by atoms with Gasteiger partial charge in [-0.25, -0.2) is 0 Å². The van der Waals surface area contributed by atoms with E-state index in [1.165, 1.54) is 30.2 Å². The van der Waals surface area contributed by atoms with Gasteiger partial charge in [-0.3, -0.25) is 4.79 Å². The molecule has 0 aromatic heterocycles. The predicted octanol–water partition coefficient (Wildman–Crippen LogP) is 2.38. The molecular weight excluding hydrogens is 258 g/mol. The van der Waals surface area contributed by atoms with Gasteiger partial charge in [0.05, 0.1) is 12.8 Å². The summed E-state index contributed by atoms with van der Waals surface area (Å²) in [6.07, 6.45) is 0. The van der Waals surface area contributed by atoms with Crippen LogP contribution in [0.25, 0.3) is 0 Å². The number of para-hydroxylation sites is 2. The van der Waals surface area contributed by atoms with Gasteiger partial charge in [-0.15, -0.1) is 0 Å². The summed E-state index contributed by atoms with van der Waals surface area (Å²) in [5.41, 5.74) is 0.890. The molecule has 2 aromatic rings. The Hall–Kier alpha value is -2.69. The third-order valence-electron chi connectivity index (χ3n) is 2.97. The third kappa shape index (κ3) is 2.51. The van der Waals surface area contributed by atoms with Crippen molar-refractivity contribution in [3.63, 3.8) is 0 Å². The van der Waals surface area contributed by atoms with E-state index in [2.05, 4.69) is 0 Å². The number of benzene rings is 2. The predicted molar refractivity (Wildman–Crippen MR) is 75.5 cm³/mol. The zero-order chi connectivity index (χ0) is 14.7. The van der Waals surface area contributed by atoms with Crippen molar-refractivity contribution in [2.75, 3.05) is 19.1 Å². The van der Waals surface area contributed by atoms with Crippen LogP contribution in [0.3, 0.4) is 0 Å². The molecule has 0 aliphatic heterocycles. The van der Waals surface area contributed by atoms with Crippen LogP contribution in [-0.4, -0.2) is 30.3 Å². The molecule has 2 rings (SSSR count). The van der Waals surface area contributed by atoms with E-state index >= 15 is 0 Å². The van der Waals surface area contributed by atoms with Crippen LogP contribution in [0.4, 0.5) is 5.69 Å². The van der Waals surface area contributed by atoms with E-state index in [0.29, 0.717) is 11.4 Å². The number of phenolic OH excluding ortho intramolecular Hbond substituents is 2. The molecule has 5 heteroatoms. The van der Waals surface area contributed by atoms with Gasteiger partial charge in [-0.1, -0.05) is 12.1 Å². The van der Waals surface area contributed by atoms with Crippen LogP contribution in [0.2, 0.25) is 0 Å². The van der Waals surface area contributed by atoms with Crippen molar-refractivity contribution >= 4 is 11.6 Å². The molecule has 0 unspecified atom stereocenters. The van der Waals surface area contributed by atoms with Gasteiger partial charge in [0.1, 0.15) is 5.75 Å². The van der Waals surface area contributed by atoms with Crippen molar-refractivity contribution in [3.05, 3.63) is 48.0 Å². The normalized spacial score (nSPS) is 10.1. The summed E-state index contributed by atoms with van der Waals surface area (Å²) in [5, 5.41) is 18.7. The molecule has 0 saturated carbocycles. The molecule has 0 bridgehead atoms. The summed E-state index contributed by atoms with van der Waals surface area (Å²) >= 11 is 0. The number of rotatable bonds is 3. The van der Waals surface area contributed by atoms with E-state index in [1.54, 1.807) is 25.2 Å².